The number of hydrazone groups is 1. The third-order valence-electron chi connectivity index (χ3n) is 2.81. The van der Waals surface area contributed by atoms with Crippen LogP contribution in [0.2, 0.25) is 0 Å². The van der Waals surface area contributed by atoms with Gasteiger partial charge in [-0.3, -0.25) is 5.43 Å². The second-order valence-corrected chi connectivity index (χ2v) is 4.12. The quantitative estimate of drug-likeness (QED) is 0.495. The number of anilines is 1. The van der Waals surface area contributed by atoms with Crippen molar-refractivity contribution in [1.82, 2.24) is 19.9 Å². The molecule has 0 saturated heterocycles. The van der Waals surface area contributed by atoms with Crippen LogP contribution in [0.5, 0.6) is 11.5 Å². The van der Waals surface area contributed by atoms with Gasteiger partial charge < -0.3 is 14.8 Å². The van der Waals surface area contributed by atoms with Crippen LogP contribution < -0.4 is 10.2 Å². The maximum Gasteiger partial charge on any atom is 0.182 e. The summed E-state index contributed by atoms with van der Waals surface area (Å²) in [6.45, 7) is 0. The lowest BCUT2D eigenvalue weighted by molar-refractivity contribution is 0.373. The molecule has 106 valence electrons. The number of phenols is 1. The second kappa shape index (κ2) is 5.45. The topological polar surface area (TPSA) is 108 Å². The summed E-state index contributed by atoms with van der Waals surface area (Å²) in [5.74, 6) is 0.987. The van der Waals surface area contributed by atoms with Crippen molar-refractivity contribution < 1.29 is 9.84 Å². The predicted molar refractivity (Wildman–Crippen MR) is 77.6 cm³/mol. The van der Waals surface area contributed by atoms with Gasteiger partial charge in [-0.2, -0.15) is 5.10 Å². The zero-order valence-corrected chi connectivity index (χ0v) is 11.1. The monoisotopic (exact) mass is 284 g/mol. The number of nitrogens with zero attached hydrogens (tertiary/aromatic N) is 4. The zero-order valence-electron chi connectivity index (χ0n) is 11.1. The molecule has 0 aliphatic heterocycles. The molecule has 0 aliphatic rings. The fourth-order valence-corrected chi connectivity index (χ4v) is 1.81. The largest absolute Gasteiger partial charge is 0.504 e. The maximum atomic E-state index is 9.68. The van der Waals surface area contributed by atoms with Gasteiger partial charge in [0, 0.05) is 0 Å². The number of imidazole rings is 1. The standard InChI is InChI=1S/C13H12N6O2/c1-21-10-3-2-8(4-9(10)20)5-18-19-13-11-12(15-6-14-11)16-7-17-13/h2-7,20H,1H3,(H2,14,15,16,17,19)/b18-5-. The van der Waals surface area contributed by atoms with Gasteiger partial charge in [-0.25, -0.2) is 15.0 Å². The molecule has 3 rings (SSSR count). The number of aromatic nitrogens is 4. The average molecular weight is 284 g/mol. The molecule has 0 atom stereocenters. The minimum absolute atomic E-state index is 0.0550. The van der Waals surface area contributed by atoms with E-state index in [4.69, 9.17) is 4.74 Å². The molecule has 0 amide bonds. The number of ether oxygens (including phenoxy) is 1. The van der Waals surface area contributed by atoms with E-state index in [0.29, 0.717) is 22.7 Å². The molecule has 8 heteroatoms. The molecule has 0 fully saturated rings. The normalized spacial score (nSPS) is 11.1. The van der Waals surface area contributed by atoms with E-state index in [1.807, 2.05) is 0 Å². The smallest absolute Gasteiger partial charge is 0.182 e. The Hall–Kier alpha value is -3.16. The first-order chi connectivity index (χ1) is 10.3. The van der Waals surface area contributed by atoms with Crippen molar-refractivity contribution in [2.75, 3.05) is 12.5 Å². The van der Waals surface area contributed by atoms with Gasteiger partial charge in [0.05, 0.1) is 19.7 Å². The second-order valence-electron chi connectivity index (χ2n) is 4.12. The molecular formula is C13H12N6O2. The van der Waals surface area contributed by atoms with E-state index in [-0.39, 0.29) is 5.75 Å². The molecule has 1 aromatic carbocycles. The van der Waals surface area contributed by atoms with Gasteiger partial charge in [-0.1, -0.05) is 0 Å². The molecule has 3 aromatic rings. The van der Waals surface area contributed by atoms with Crippen molar-refractivity contribution >= 4 is 23.2 Å². The minimum atomic E-state index is 0.0550. The molecule has 8 nitrogen and oxygen atoms in total. The Labute approximate surface area is 119 Å². The predicted octanol–water partition coefficient (Wildman–Crippen LogP) is 1.51. The lowest BCUT2D eigenvalue weighted by atomic mass is 10.2. The van der Waals surface area contributed by atoms with E-state index < -0.39 is 0 Å². The van der Waals surface area contributed by atoms with Gasteiger partial charge in [0.15, 0.2) is 23.0 Å². The van der Waals surface area contributed by atoms with Crippen molar-refractivity contribution in [3.05, 3.63) is 36.4 Å². The molecule has 0 spiro atoms. The van der Waals surface area contributed by atoms with Crippen LogP contribution in [-0.4, -0.2) is 38.4 Å². The van der Waals surface area contributed by atoms with Crippen molar-refractivity contribution in [3.8, 4) is 11.5 Å². The van der Waals surface area contributed by atoms with Crippen LogP contribution in [-0.2, 0) is 0 Å². The van der Waals surface area contributed by atoms with E-state index >= 15 is 0 Å². The Balaban J connectivity index is 1.78. The van der Waals surface area contributed by atoms with E-state index in [1.165, 1.54) is 19.8 Å². The molecule has 2 heterocycles. The fraction of sp³-hybridized carbons (Fsp3) is 0.0769. The van der Waals surface area contributed by atoms with Gasteiger partial charge in [0.1, 0.15) is 11.8 Å². The lowest BCUT2D eigenvalue weighted by Crippen LogP contribution is -1.96. The van der Waals surface area contributed by atoms with Crippen LogP contribution >= 0.6 is 0 Å². The van der Waals surface area contributed by atoms with Crippen LogP contribution in [0.3, 0.4) is 0 Å². The highest BCUT2D eigenvalue weighted by atomic mass is 16.5. The number of benzene rings is 1. The zero-order chi connectivity index (χ0) is 14.7. The molecule has 21 heavy (non-hydrogen) atoms. The Morgan fingerprint density at radius 1 is 1.33 bits per heavy atom. The summed E-state index contributed by atoms with van der Waals surface area (Å²) in [5, 5.41) is 13.8. The van der Waals surface area contributed by atoms with Crippen molar-refractivity contribution in [2.45, 2.75) is 0 Å². The Bertz CT molecular complexity index is 798. The molecule has 3 N–H and O–H groups in total. The van der Waals surface area contributed by atoms with Gasteiger partial charge in [-0.15, -0.1) is 0 Å². The van der Waals surface area contributed by atoms with Gasteiger partial charge in [0.25, 0.3) is 0 Å². The van der Waals surface area contributed by atoms with Crippen LogP contribution in [0.15, 0.2) is 36.0 Å². The van der Waals surface area contributed by atoms with Gasteiger partial charge in [0.2, 0.25) is 0 Å². The Morgan fingerprint density at radius 3 is 3.05 bits per heavy atom. The van der Waals surface area contributed by atoms with Crippen LogP contribution in [0.1, 0.15) is 5.56 Å². The number of rotatable bonds is 4. The number of aromatic hydroxyl groups is 1. The molecule has 2 aromatic heterocycles. The molecular weight excluding hydrogens is 272 g/mol. The first-order valence-electron chi connectivity index (χ1n) is 6.08. The molecule has 0 saturated carbocycles. The highest BCUT2D eigenvalue weighted by molar-refractivity contribution is 5.84. The Morgan fingerprint density at radius 2 is 2.24 bits per heavy atom. The third-order valence-corrected chi connectivity index (χ3v) is 2.81. The summed E-state index contributed by atoms with van der Waals surface area (Å²) in [5.41, 5.74) is 4.76. The van der Waals surface area contributed by atoms with Gasteiger partial charge >= 0.3 is 0 Å². The molecule has 0 aliphatic carbocycles. The molecule has 0 radical (unpaired) electrons. The van der Waals surface area contributed by atoms with E-state index in [0.717, 1.165) is 5.56 Å². The summed E-state index contributed by atoms with van der Waals surface area (Å²) in [4.78, 5) is 15.0. The molecule has 0 unspecified atom stereocenters. The van der Waals surface area contributed by atoms with Crippen molar-refractivity contribution in [3.63, 3.8) is 0 Å². The van der Waals surface area contributed by atoms with Gasteiger partial charge in [-0.05, 0) is 23.8 Å². The van der Waals surface area contributed by atoms with Crippen LogP contribution in [0.25, 0.3) is 11.2 Å². The maximum absolute atomic E-state index is 9.68. The van der Waals surface area contributed by atoms with Crippen LogP contribution in [0, 0.1) is 0 Å². The molecule has 0 bridgehead atoms. The van der Waals surface area contributed by atoms with E-state index in [9.17, 15) is 5.11 Å². The third kappa shape index (κ3) is 2.59. The number of hydrogen-bond acceptors (Lipinski definition) is 7. The SMILES string of the molecule is COc1ccc(/C=N\Nc2ncnc3nc[nH]c23)cc1O. The van der Waals surface area contributed by atoms with E-state index in [1.54, 1.807) is 24.4 Å². The van der Waals surface area contributed by atoms with E-state index in [2.05, 4.69) is 30.5 Å². The summed E-state index contributed by atoms with van der Waals surface area (Å²) in [6, 6.07) is 4.99. The minimum Gasteiger partial charge on any atom is -0.504 e. The number of H-pyrrole nitrogens is 1. The lowest BCUT2D eigenvalue weighted by Gasteiger charge is -2.03. The highest BCUT2D eigenvalue weighted by Crippen LogP contribution is 2.25. The number of nitrogens with one attached hydrogen (secondary N) is 2. The number of hydrogen-bond donors (Lipinski definition) is 3. The summed E-state index contributed by atoms with van der Waals surface area (Å²) in [7, 11) is 1.50. The number of aromatic amines is 1. The number of methoxy groups -OCH3 is 1. The van der Waals surface area contributed by atoms with Crippen molar-refractivity contribution in [2.24, 2.45) is 5.10 Å². The fourth-order valence-electron chi connectivity index (χ4n) is 1.81. The summed E-state index contributed by atoms with van der Waals surface area (Å²) >= 11 is 0. The number of phenolic OH excluding ortho intramolecular Hbond substituents is 1. The van der Waals surface area contributed by atoms with Crippen LogP contribution in [0.4, 0.5) is 5.82 Å². The highest BCUT2D eigenvalue weighted by Gasteiger charge is 2.04. The summed E-state index contributed by atoms with van der Waals surface area (Å²) < 4.78 is 4.97. The summed E-state index contributed by atoms with van der Waals surface area (Å²) in [6.07, 6.45) is 4.50. The first-order valence-corrected chi connectivity index (χ1v) is 6.08. The first kappa shape index (κ1) is 12.9. The van der Waals surface area contributed by atoms with Crippen molar-refractivity contribution in [1.29, 1.82) is 0 Å². The number of fused-ring (bicyclic) bond motifs is 1. The average Bonchev–Trinajstić information content (AvgIpc) is 2.97. The Kier molecular flexibility index (Phi) is 3.34.